The molecule has 0 fully saturated rings. The zero-order valence-electron chi connectivity index (χ0n) is 12.7. The number of carbonyl (C=O) groups excluding carboxylic acids is 1. The van der Waals surface area contributed by atoms with Crippen molar-refractivity contribution in [1.82, 2.24) is 25.3 Å². The third-order valence-corrected chi connectivity index (χ3v) is 4.15. The number of aryl methyl sites for hydroxylation is 3. The van der Waals surface area contributed by atoms with E-state index in [4.69, 9.17) is 9.25 Å². The van der Waals surface area contributed by atoms with Crippen molar-refractivity contribution in [3.63, 3.8) is 0 Å². The molecule has 9 heteroatoms. The minimum Gasteiger partial charge on any atom is -0.469 e. The first-order valence-corrected chi connectivity index (χ1v) is 8.15. The molecule has 0 aliphatic carbocycles. The number of nitrogens with one attached hydrogen (secondary N) is 1. The number of hydrogen-bond donors (Lipinski definition) is 1. The highest BCUT2D eigenvalue weighted by atomic mass is 32.1. The lowest BCUT2D eigenvalue weighted by molar-refractivity contribution is -0.133. The van der Waals surface area contributed by atoms with Gasteiger partial charge >= 0.3 is 0 Å². The molecule has 0 bridgehead atoms. The Morgan fingerprint density at radius 2 is 2.35 bits per heavy atom. The molecule has 0 aromatic carbocycles. The fraction of sp³-hybridized carbons (Fsp3) is 0.429. The van der Waals surface area contributed by atoms with Crippen LogP contribution in [0.25, 0.3) is 4.96 Å². The van der Waals surface area contributed by atoms with Gasteiger partial charge in [0.2, 0.25) is 10.9 Å². The predicted octanol–water partition coefficient (Wildman–Crippen LogP) is 1.70. The van der Waals surface area contributed by atoms with Crippen LogP contribution in [0.15, 0.2) is 22.8 Å². The first-order chi connectivity index (χ1) is 11.2. The molecule has 3 rings (SSSR count). The van der Waals surface area contributed by atoms with E-state index in [-0.39, 0.29) is 5.91 Å². The smallest absolute Gasteiger partial charge is 0.243 e. The Bertz CT molecular complexity index is 765. The summed E-state index contributed by atoms with van der Waals surface area (Å²) in [5.74, 6) is 1.50. The van der Waals surface area contributed by atoms with Crippen LogP contribution in [-0.2, 0) is 22.5 Å². The van der Waals surface area contributed by atoms with Crippen molar-refractivity contribution in [2.24, 2.45) is 0 Å². The van der Waals surface area contributed by atoms with Crippen LogP contribution in [0.5, 0.6) is 0 Å². The molecule has 0 aliphatic heterocycles. The van der Waals surface area contributed by atoms with Crippen LogP contribution in [0, 0.1) is 6.92 Å². The van der Waals surface area contributed by atoms with Gasteiger partial charge in [0.15, 0.2) is 5.82 Å². The normalized spacial score (nSPS) is 11.2. The number of nitrogens with zero attached hydrogens (tertiary/aromatic N) is 4. The van der Waals surface area contributed by atoms with E-state index in [2.05, 4.69) is 20.8 Å². The first kappa shape index (κ1) is 15.6. The van der Waals surface area contributed by atoms with E-state index in [1.54, 1.807) is 10.8 Å². The van der Waals surface area contributed by atoms with Gasteiger partial charge in [-0.05, 0) is 25.5 Å². The summed E-state index contributed by atoms with van der Waals surface area (Å²) in [6, 6.07) is 3.77. The molecule has 122 valence electrons. The summed E-state index contributed by atoms with van der Waals surface area (Å²) >= 11 is 1.44. The average Bonchev–Trinajstić information content (AvgIpc) is 3.25. The van der Waals surface area contributed by atoms with E-state index in [0.29, 0.717) is 19.4 Å². The molecular weight excluding hydrogens is 318 g/mol. The lowest BCUT2D eigenvalue weighted by Crippen LogP contribution is -2.24. The first-order valence-electron chi connectivity index (χ1n) is 7.33. The van der Waals surface area contributed by atoms with Gasteiger partial charge in [-0.15, -0.1) is 10.2 Å². The van der Waals surface area contributed by atoms with Crippen molar-refractivity contribution in [3.05, 3.63) is 35.0 Å². The Balaban J connectivity index is 1.33. The summed E-state index contributed by atoms with van der Waals surface area (Å²) in [6.07, 6.45) is 4.08. The van der Waals surface area contributed by atoms with Crippen molar-refractivity contribution in [2.75, 3.05) is 6.61 Å². The summed E-state index contributed by atoms with van der Waals surface area (Å²) in [6.45, 7) is 2.29. The Hall–Kier alpha value is -2.26. The van der Waals surface area contributed by atoms with Gasteiger partial charge in [0.1, 0.15) is 10.8 Å². The van der Waals surface area contributed by atoms with Gasteiger partial charge in [-0.1, -0.05) is 11.3 Å². The van der Waals surface area contributed by atoms with Gasteiger partial charge in [-0.2, -0.15) is 9.61 Å². The van der Waals surface area contributed by atoms with Crippen LogP contribution in [0.2, 0.25) is 0 Å². The van der Waals surface area contributed by atoms with E-state index in [1.807, 2.05) is 19.1 Å². The summed E-state index contributed by atoms with van der Waals surface area (Å²) < 4.78 is 6.90. The molecule has 0 aliphatic rings. The fourth-order valence-corrected chi connectivity index (χ4v) is 2.91. The average molecular weight is 335 g/mol. The molecule has 0 unspecified atom stereocenters. The van der Waals surface area contributed by atoms with Crippen molar-refractivity contribution < 1.29 is 14.0 Å². The molecule has 3 aromatic heterocycles. The third kappa shape index (κ3) is 4.14. The van der Waals surface area contributed by atoms with E-state index >= 15 is 0 Å². The number of furan rings is 1. The van der Waals surface area contributed by atoms with Crippen molar-refractivity contribution in [3.8, 4) is 0 Å². The molecule has 8 nitrogen and oxygen atoms in total. The van der Waals surface area contributed by atoms with Gasteiger partial charge < -0.3 is 4.42 Å². The zero-order chi connectivity index (χ0) is 16.1. The van der Waals surface area contributed by atoms with Gasteiger partial charge in [-0.3, -0.25) is 9.63 Å². The number of hydrogen-bond acceptors (Lipinski definition) is 7. The standard InChI is InChI=1S/C14H17N5O3S/c1-10-15-16-14-19(10)17-13(23-14)7-6-12(20)18-22-9-3-5-11-4-2-8-21-11/h2,4,8H,3,5-7,9H2,1H3,(H,18,20). The van der Waals surface area contributed by atoms with E-state index < -0.39 is 0 Å². The maximum absolute atomic E-state index is 11.7. The Morgan fingerprint density at radius 3 is 3.13 bits per heavy atom. The van der Waals surface area contributed by atoms with Crippen LogP contribution >= 0.6 is 11.3 Å². The van der Waals surface area contributed by atoms with Crippen LogP contribution in [-0.4, -0.2) is 32.3 Å². The monoisotopic (exact) mass is 335 g/mol. The summed E-state index contributed by atoms with van der Waals surface area (Å²) in [5.41, 5.74) is 2.44. The zero-order valence-corrected chi connectivity index (χ0v) is 13.5. The highest BCUT2D eigenvalue weighted by Crippen LogP contribution is 2.14. The second kappa shape index (κ2) is 7.34. The Kier molecular flexibility index (Phi) is 4.99. The number of hydroxylamine groups is 1. The van der Waals surface area contributed by atoms with Crippen molar-refractivity contribution >= 4 is 22.2 Å². The highest BCUT2D eigenvalue weighted by molar-refractivity contribution is 7.16. The van der Waals surface area contributed by atoms with Crippen molar-refractivity contribution in [1.29, 1.82) is 0 Å². The highest BCUT2D eigenvalue weighted by Gasteiger charge is 2.10. The van der Waals surface area contributed by atoms with Gasteiger partial charge in [0.05, 0.1) is 12.9 Å². The molecule has 3 aromatic rings. The van der Waals surface area contributed by atoms with Crippen LogP contribution in [0.4, 0.5) is 0 Å². The van der Waals surface area contributed by atoms with E-state index in [1.165, 1.54) is 11.3 Å². The van der Waals surface area contributed by atoms with Gasteiger partial charge in [0.25, 0.3) is 0 Å². The molecule has 1 amide bonds. The third-order valence-electron chi connectivity index (χ3n) is 3.19. The Morgan fingerprint density at radius 1 is 1.43 bits per heavy atom. The van der Waals surface area contributed by atoms with Gasteiger partial charge in [0, 0.05) is 19.3 Å². The molecule has 0 saturated carbocycles. The second-order valence-electron chi connectivity index (χ2n) is 4.99. The number of aromatic nitrogens is 4. The maximum atomic E-state index is 11.7. The topological polar surface area (TPSA) is 94.5 Å². The SMILES string of the molecule is Cc1nnc2sc(CCC(=O)NOCCCc3ccco3)nn12. The largest absolute Gasteiger partial charge is 0.469 e. The lowest BCUT2D eigenvalue weighted by Gasteiger charge is -2.04. The van der Waals surface area contributed by atoms with Crippen LogP contribution in [0.1, 0.15) is 29.4 Å². The van der Waals surface area contributed by atoms with Crippen LogP contribution < -0.4 is 5.48 Å². The van der Waals surface area contributed by atoms with Crippen LogP contribution in [0.3, 0.4) is 0 Å². The molecular formula is C14H17N5O3S. The summed E-state index contributed by atoms with van der Waals surface area (Å²) in [5, 5.41) is 13.1. The molecule has 0 saturated heterocycles. The minimum absolute atomic E-state index is 0.161. The van der Waals surface area contributed by atoms with Gasteiger partial charge in [-0.25, -0.2) is 5.48 Å². The molecule has 0 atom stereocenters. The summed E-state index contributed by atoms with van der Waals surface area (Å²) in [4.78, 5) is 17.6. The second-order valence-corrected chi connectivity index (χ2v) is 6.03. The molecule has 0 radical (unpaired) electrons. The number of rotatable bonds is 8. The van der Waals surface area contributed by atoms with E-state index in [9.17, 15) is 4.79 Å². The molecule has 1 N–H and O–H groups in total. The molecule has 0 spiro atoms. The number of amides is 1. The number of fused-ring (bicyclic) bond motifs is 1. The quantitative estimate of drug-likeness (QED) is 0.497. The lowest BCUT2D eigenvalue weighted by atomic mass is 10.3. The minimum atomic E-state index is -0.161. The predicted molar refractivity (Wildman–Crippen MR) is 82.8 cm³/mol. The Labute approximate surface area is 136 Å². The molecule has 3 heterocycles. The maximum Gasteiger partial charge on any atom is 0.243 e. The van der Waals surface area contributed by atoms with Crippen molar-refractivity contribution in [2.45, 2.75) is 32.6 Å². The fourth-order valence-electron chi connectivity index (χ4n) is 2.03. The summed E-state index contributed by atoms with van der Waals surface area (Å²) in [7, 11) is 0. The molecule has 23 heavy (non-hydrogen) atoms. The van der Waals surface area contributed by atoms with E-state index in [0.717, 1.165) is 34.4 Å². The number of carbonyl (C=O) groups is 1.